The Bertz CT molecular complexity index is 371. The molecule has 0 saturated carbocycles. The van der Waals surface area contributed by atoms with E-state index in [9.17, 15) is 0 Å². The zero-order valence-electron chi connectivity index (χ0n) is 9.73. The first-order valence-corrected chi connectivity index (χ1v) is 5.94. The summed E-state index contributed by atoms with van der Waals surface area (Å²) < 4.78 is 5.90. The Labute approximate surface area is 97.1 Å². The first-order chi connectivity index (χ1) is 7.75. The molecule has 2 N–H and O–H groups in total. The van der Waals surface area contributed by atoms with Gasteiger partial charge in [0.25, 0.3) is 0 Å². The molecule has 2 nitrogen and oxygen atoms in total. The topological polar surface area (TPSA) is 35.2 Å². The van der Waals surface area contributed by atoms with Crippen molar-refractivity contribution in [2.24, 2.45) is 5.73 Å². The van der Waals surface area contributed by atoms with Gasteiger partial charge < -0.3 is 10.5 Å². The monoisotopic (exact) mass is 217 g/mol. The van der Waals surface area contributed by atoms with Crippen LogP contribution in [0.2, 0.25) is 0 Å². The highest BCUT2D eigenvalue weighted by Gasteiger charge is 2.10. The van der Waals surface area contributed by atoms with Crippen LogP contribution in [0.15, 0.2) is 36.4 Å². The molecule has 0 saturated heterocycles. The molecule has 86 valence electrons. The molecule has 2 rings (SSSR count). The highest BCUT2D eigenvalue weighted by atomic mass is 16.5. The maximum Gasteiger partial charge on any atom is 0.120 e. The Morgan fingerprint density at radius 3 is 3.00 bits per heavy atom. The maximum atomic E-state index is 5.90. The summed E-state index contributed by atoms with van der Waals surface area (Å²) in [5.74, 6) is 0.923. The van der Waals surface area contributed by atoms with Crippen molar-refractivity contribution in [3.8, 4) is 5.75 Å². The van der Waals surface area contributed by atoms with E-state index in [1.54, 1.807) is 0 Å². The van der Waals surface area contributed by atoms with E-state index in [2.05, 4.69) is 12.2 Å². The van der Waals surface area contributed by atoms with Crippen LogP contribution in [-0.2, 0) is 0 Å². The molecular weight excluding hydrogens is 198 g/mol. The molecule has 0 amide bonds. The van der Waals surface area contributed by atoms with Crippen LogP contribution in [0.4, 0.5) is 0 Å². The minimum absolute atomic E-state index is 0.0606. The summed E-state index contributed by atoms with van der Waals surface area (Å²) in [6.45, 7) is 1.99. The predicted molar refractivity (Wildman–Crippen MR) is 66.5 cm³/mol. The summed E-state index contributed by atoms with van der Waals surface area (Å²) in [4.78, 5) is 0. The quantitative estimate of drug-likeness (QED) is 0.789. The lowest BCUT2D eigenvalue weighted by atomic mass is 10.1. The second-order valence-electron chi connectivity index (χ2n) is 4.38. The van der Waals surface area contributed by atoms with Crippen LogP contribution in [0.25, 0.3) is 0 Å². The van der Waals surface area contributed by atoms with Gasteiger partial charge >= 0.3 is 0 Å². The lowest BCUT2D eigenvalue weighted by Gasteiger charge is -2.19. The van der Waals surface area contributed by atoms with E-state index in [-0.39, 0.29) is 12.1 Å². The van der Waals surface area contributed by atoms with E-state index in [0.29, 0.717) is 0 Å². The first kappa shape index (κ1) is 11.2. The third kappa shape index (κ3) is 2.86. The molecule has 1 aromatic rings. The molecule has 0 bridgehead atoms. The fourth-order valence-electron chi connectivity index (χ4n) is 1.93. The van der Waals surface area contributed by atoms with E-state index in [1.807, 2.05) is 31.2 Å². The Morgan fingerprint density at radius 1 is 1.44 bits per heavy atom. The van der Waals surface area contributed by atoms with Crippen molar-refractivity contribution in [3.63, 3.8) is 0 Å². The SMILES string of the molecule is C[C@H](N)c1cccc(OC2C=CCCC2)c1. The van der Waals surface area contributed by atoms with Gasteiger partial charge in [0.1, 0.15) is 11.9 Å². The molecule has 0 radical (unpaired) electrons. The predicted octanol–water partition coefficient (Wildman–Crippen LogP) is 3.19. The lowest BCUT2D eigenvalue weighted by molar-refractivity contribution is 0.229. The van der Waals surface area contributed by atoms with Gasteiger partial charge in [0, 0.05) is 6.04 Å². The lowest BCUT2D eigenvalue weighted by Crippen LogP contribution is -2.16. The van der Waals surface area contributed by atoms with Gasteiger partial charge in [-0.05, 0) is 50.0 Å². The highest BCUT2D eigenvalue weighted by molar-refractivity contribution is 5.30. The fourth-order valence-corrected chi connectivity index (χ4v) is 1.93. The van der Waals surface area contributed by atoms with Gasteiger partial charge in [-0.3, -0.25) is 0 Å². The zero-order chi connectivity index (χ0) is 11.4. The summed E-state index contributed by atoms with van der Waals surface area (Å²) in [6, 6.07) is 8.13. The molecule has 1 aromatic carbocycles. The van der Waals surface area contributed by atoms with Crippen molar-refractivity contribution >= 4 is 0 Å². The van der Waals surface area contributed by atoms with Crippen molar-refractivity contribution in [1.29, 1.82) is 0 Å². The molecule has 1 aliphatic rings. The zero-order valence-corrected chi connectivity index (χ0v) is 9.73. The Balaban J connectivity index is 2.06. The van der Waals surface area contributed by atoms with Gasteiger partial charge in [-0.1, -0.05) is 18.2 Å². The van der Waals surface area contributed by atoms with E-state index in [0.717, 1.165) is 17.7 Å². The smallest absolute Gasteiger partial charge is 0.120 e. The van der Waals surface area contributed by atoms with Crippen molar-refractivity contribution in [3.05, 3.63) is 42.0 Å². The van der Waals surface area contributed by atoms with Gasteiger partial charge in [-0.15, -0.1) is 0 Å². The van der Waals surface area contributed by atoms with E-state index >= 15 is 0 Å². The Kier molecular flexibility index (Phi) is 3.62. The third-order valence-corrected chi connectivity index (χ3v) is 2.88. The number of benzene rings is 1. The second kappa shape index (κ2) is 5.17. The van der Waals surface area contributed by atoms with Crippen LogP contribution in [0.3, 0.4) is 0 Å². The van der Waals surface area contributed by atoms with Crippen LogP contribution < -0.4 is 10.5 Å². The van der Waals surface area contributed by atoms with Gasteiger partial charge in [-0.2, -0.15) is 0 Å². The molecule has 16 heavy (non-hydrogen) atoms. The van der Waals surface area contributed by atoms with Crippen LogP contribution in [0.5, 0.6) is 5.75 Å². The molecule has 0 spiro atoms. The van der Waals surface area contributed by atoms with E-state index in [4.69, 9.17) is 10.5 Å². The van der Waals surface area contributed by atoms with Crippen molar-refractivity contribution < 1.29 is 4.74 Å². The van der Waals surface area contributed by atoms with Gasteiger partial charge in [-0.25, -0.2) is 0 Å². The summed E-state index contributed by atoms with van der Waals surface area (Å²) in [5, 5.41) is 0. The highest BCUT2D eigenvalue weighted by Crippen LogP contribution is 2.21. The number of hydrogen-bond donors (Lipinski definition) is 1. The number of hydrogen-bond acceptors (Lipinski definition) is 2. The Morgan fingerprint density at radius 2 is 2.31 bits per heavy atom. The van der Waals surface area contributed by atoms with E-state index in [1.165, 1.54) is 12.8 Å². The van der Waals surface area contributed by atoms with Crippen molar-refractivity contribution in [2.75, 3.05) is 0 Å². The maximum absolute atomic E-state index is 5.90. The van der Waals surface area contributed by atoms with Gasteiger partial charge in [0.05, 0.1) is 0 Å². The summed E-state index contributed by atoms with van der Waals surface area (Å²) in [7, 11) is 0. The van der Waals surface area contributed by atoms with Crippen molar-refractivity contribution in [1.82, 2.24) is 0 Å². The van der Waals surface area contributed by atoms with Gasteiger partial charge in [0.2, 0.25) is 0 Å². The molecule has 1 aliphatic carbocycles. The minimum atomic E-state index is 0.0606. The summed E-state index contributed by atoms with van der Waals surface area (Å²) in [5.41, 5.74) is 6.97. The largest absolute Gasteiger partial charge is 0.486 e. The van der Waals surface area contributed by atoms with E-state index < -0.39 is 0 Å². The number of ether oxygens (including phenoxy) is 1. The van der Waals surface area contributed by atoms with Crippen LogP contribution in [0.1, 0.15) is 37.8 Å². The Hall–Kier alpha value is -1.28. The summed E-state index contributed by atoms with van der Waals surface area (Å²) >= 11 is 0. The second-order valence-corrected chi connectivity index (χ2v) is 4.38. The average molecular weight is 217 g/mol. The fraction of sp³-hybridized carbons (Fsp3) is 0.429. The molecule has 0 aromatic heterocycles. The molecule has 0 heterocycles. The third-order valence-electron chi connectivity index (χ3n) is 2.88. The first-order valence-electron chi connectivity index (χ1n) is 5.94. The normalized spacial score (nSPS) is 21.8. The van der Waals surface area contributed by atoms with Crippen LogP contribution in [-0.4, -0.2) is 6.10 Å². The summed E-state index contributed by atoms with van der Waals surface area (Å²) in [6.07, 6.45) is 8.09. The molecule has 1 unspecified atom stereocenters. The number of nitrogens with two attached hydrogens (primary N) is 1. The average Bonchev–Trinajstić information content (AvgIpc) is 2.30. The molecular formula is C14H19NO. The van der Waals surface area contributed by atoms with Crippen LogP contribution in [0, 0.1) is 0 Å². The standard InChI is InChI=1S/C14H19NO/c1-11(15)12-6-5-9-14(10-12)16-13-7-3-2-4-8-13/h3,5-7,9-11,13H,2,4,8,15H2,1H3/t11-,13?/m0/s1. The number of allylic oxidation sites excluding steroid dienone is 1. The van der Waals surface area contributed by atoms with Crippen molar-refractivity contribution in [2.45, 2.75) is 38.3 Å². The number of rotatable bonds is 3. The molecule has 0 aliphatic heterocycles. The molecule has 2 heteroatoms. The van der Waals surface area contributed by atoms with Gasteiger partial charge in [0.15, 0.2) is 0 Å². The molecule has 0 fully saturated rings. The van der Waals surface area contributed by atoms with Crippen LogP contribution >= 0.6 is 0 Å². The molecule has 2 atom stereocenters. The minimum Gasteiger partial charge on any atom is -0.486 e.